The lowest BCUT2D eigenvalue weighted by molar-refractivity contribution is -0.573. The lowest BCUT2D eigenvalue weighted by Crippen LogP contribution is -2.75. The van der Waals surface area contributed by atoms with Crippen molar-refractivity contribution in [1.82, 2.24) is 4.90 Å². The molecule has 0 aliphatic carbocycles. The monoisotopic (exact) mass is 289 g/mol. The summed E-state index contributed by atoms with van der Waals surface area (Å²) >= 11 is 0. The average Bonchev–Trinajstić information content (AvgIpc) is 2.12. The Hall–Kier alpha value is -0.680. The maximum absolute atomic E-state index is 13.0. The number of aliphatic hydroxyl groups excluding tert-OH is 1. The van der Waals surface area contributed by atoms with Gasteiger partial charge in [-0.25, -0.2) is 4.74 Å². The lowest BCUT2D eigenvalue weighted by atomic mass is 10.2. The molecule has 0 spiro atoms. The van der Waals surface area contributed by atoms with Gasteiger partial charge in [-0.3, -0.25) is 0 Å². The highest BCUT2D eigenvalue weighted by molar-refractivity contribution is 4.95. The topological polar surface area (TPSA) is 32.7 Å². The highest BCUT2D eigenvalue weighted by Gasteiger charge is 2.83. The first-order valence-electron chi connectivity index (χ1n) is 4.50. The van der Waals surface area contributed by atoms with Crippen LogP contribution in [0.2, 0.25) is 0 Å². The highest BCUT2D eigenvalue weighted by Crippen LogP contribution is 2.56. The molecule has 1 fully saturated rings. The standard InChI is InChI=1S/C7H7F8NO2/c1-2-3(17)16-4(8,9)6(12,13)18-7(14,15)5(16,10)11/h3,17H,2H2,1H3. The molecule has 0 amide bonds. The van der Waals surface area contributed by atoms with Crippen LogP contribution in [0.5, 0.6) is 0 Å². The minimum absolute atomic E-state index is 0.864. The molecule has 1 saturated heterocycles. The SMILES string of the molecule is CCC(O)N1C(F)(F)C(F)(F)OC(F)(F)C1(F)F. The molecular weight excluding hydrogens is 282 g/mol. The fourth-order valence-electron chi connectivity index (χ4n) is 1.30. The fraction of sp³-hybridized carbons (Fsp3) is 1.00. The van der Waals surface area contributed by atoms with E-state index in [1.54, 1.807) is 0 Å². The summed E-state index contributed by atoms with van der Waals surface area (Å²) in [4.78, 5) is -1.94. The largest absolute Gasteiger partial charge is 0.439 e. The van der Waals surface area contributed by atoms with Crippen LogP contribution in [-0.2, 0) is 4.74 Å². The van der Waals surface area contributed by atoms with Gasteiger partial charge >= 0.3 is 24.3 Å². The van der Waals surface area contributed by atoms with Crippen LogP contribution < -0.4 is 0 Å². The molecule has 3 nitrogen and oxygen atoms in total. The Kier molecular flexibility index (Phi) is 3.34. The number of rotatable bonds is 2. The van der Waals surface area contributed by atoms with E-state index in [4.69, 9.17) is 5.11 Å². The van der Waals surface area contributed by atoms with E-state index < -0.39 is 41.9 Å². The van der Waals surface area contributed by atoms with Gasteiger partial charge in [0.2, 0.25) is 0 Å². The van der Waals surface area contributed by atoms with Crippen LogP contribution in [0.1, 0.15) is 13.3 Å². The van der Waals surface area contributed by atoms with Gasteiger partial charge in [0.05, 0.1) is 0 Å². The first-order chi connectivity index (χ1) is 7.81. The summed E-state index contributed by atoms with van der Waals surface area (Å²) < 4.78 is 105. The Bertz CT molecular complexity index is 307. The summed E-state index contributed by atoms with van der Waals surface area (Å²) in [7, 11) is 0. The van der Waals surface area contributed by atoms with Crippen LogP contribution in [0, 0.1) is 0 Å². The predicted octanol–water partition coefficient (Wildman–Crippen LogP) is 2.42. The first kappa shape index (κ1) is 15.4. The zero-order valence-electron chi connectivity index (χ0n) is 8.61. The second kappa shape index (κ2) is 3.90. The zero-order chi connectivity index (χ0) is 14.6. The third-order valence-electron chi connectivity index (χ3n) is 2.23. The summed E-state index contributed by atoms with van der Waals surface area (Å²) in [6.07, 6.45) is -15.6. The van der Waals surface area contributed by atoms with E-state index in [0.29, 0.717) is 0 Å². The van der Waals surface area contributed by atoms with Crippen molar-refractivity contribution in [2.24, 2.45) is 0 Å². The minimum atomic E-state index is -5.88. The maximum Gasteiger partial charge on any atom is 0.439 e. The molecule has 0 radical (unpaired) electrons. The molecule has 0 bridgehead atoms. The fourth-order valence-corrected chi connectivity index (χ4v) is 1.30. The molecule has 18 heavy (non-hydrogen) atoms. The molecule has 1 aliphatic heterocycles. The number of morpholine rings is 1. The van der Waals surface area contributed by atoms with Crippen molar-refractivity contribution < 1.29 is 45.0 Å². The lowest BCUT2D eigenvalue weighted by Gasteiger charge is -2.48. The molecule has 108 valence electrons. The van der Waals surface area contributed by atoms with Crippen molar-refractivity contribution in [2.45, 2.75) is 43.9 Å². The Labute approximate surface area is 94.9 Å². The van der Waals surface area contributed by atoms with E-state index in [-0.39, 0.29) is 0 Å². The van der Waals surface area contributed by atoms with Crippen LogP contribution in [-0.4, -0.2) is 40.5 Å². The van der Waals surface area contributed by atoms with Crippen molar-refractivity contribution in [3.8, 4) is 0 Å². The Morgan fingerprint density at radius 1 is 0.944 bits per heavy atom. The zero-order valence-corrected chi connectivity index (χ0v) is 8.61. The molecule has 0 aromatic carbocycles. The number of hydrogen-bond acceptors (Lipinski definition) is 3. The molecule has 1 heterocycles. The molecule has 1 unspecified atom stereocenters. The van der Waals surface area contributed by atoms with Gasteiger partial charge in [0, 0.05) is 0 Å². The van der Waals surface area contributed by atoms with E-state index >= 15 is 0 Å². The molecule has 11 heteroatoms. The smallest absolute Gasteiger partial charge is 0.378 e. The van der Waals surface area contributed by atoms with Gasteiger partial charge in [0.25, 0.3) is 0 Å². The molecule has 1 aliphatic rings. The van der Waals surface area contributed by atoms with Crippen LogP contribution in [0.15, 0.2) is 0 Å². The molecule has 1 N–H and O–H groups in total. The molecule has 0 aromatic rings. The molecule has 0 aromatic heterocycles. The molecule has 1 atom stereocenters. The van der Waals surface area contributed by atoms with E-state index in [1.165, 1.54) is 0 Å². The van der Waals surface area contributed by atoms with Crippen molar-refractivity contribution >= 4 is 0 Å². The number of halogens is 8. The summed E-state index contributed by atoms with van der Waals surface area (Å²) in [5.74, 6) is 0. The molecule has 0 saturated carbocycles. The molecule has 1 rings (SSSR count). The Morgan fingerprint density at radius 3 is 1.56 bits per heavy atom. The van der Waals surface area contributed by atoms with Gasteiger partial charge in [-0.2, -0.15) is 35.1 Å². The van der Waals surface area contributed by atoms with Crippen LogP contribution in [0.4, 0.5) is 35.1 Å². The maximum atomic E-state index is 13.0. The van der Waals surface area contributed by atoms with Gasteiger partial charge in [0.1, 0.15) is 6.23 Å². The number of alkyl halides is 8. The highest BCUT2D eigenvalue weighted by atomic mass is 19.4. The van der Waals surface area contributed by atoms with Crippen LogP contribution in [0.25, 0.3) is 0 Å². The normalized spacial score (nSPS) is 31.0. The number of aliphatic hydroxyl groups is 1. The third kappa shape index (κ3) is 1.84. The summed E-state index contributed by atoms with van der Waals surface area (Å²) in [6, 6.07) is -11.6. The Morgan fingerprint density at radius 2 is 1.28 bits per heavy atom. The number of ether oxygens (including phenoxy) is 1. The van der Waals surface area contributed by atoms with Crippen molar-refractivity contribution in [2.75, 3.05) is 0 Å². The van der Waals surface area contributed by atoms with Crippen molar-refractivity contribution in [1.29, 1.82) is 0 Å². The van der Waals surface area contributed by atoms with Crippen LogP contribution >= 0.6 is 0 Å². The Balaban J connectivity index is 3.38. The quantitative estimate of drug-likeness (QED) is 0.626. The second-order valence-corrected chi connectivity index (χ2v) is 3.48. The van der Waals surface area contributed by atoms with E-state index in [0.717, 1.165) is 6.92 Å². The van der Waals surface area contributed by atoms with Crippen molar-refractivity contribution in [3.63, 3.8) is 0 Å². The summed E-state index contributed by atoms with van der Waals surface area (Å²) in [6.45, 7) is 0.864. The van der Waals surface area contributed by atoms with E-state index in [1.807, 2.05) is 0 Å². The molecular formula is C7H7F8NO2. The van der Waals surface area contributed by atoms with Crippen molar-refractivity contribution in [3.05, 3.63) is 0 Å². The predicted molar refractivity (Wildman–Crippen MR) is 39.0 cm³/mol. The third-order valence-corrected chi connectivity index (χ3v) is 2.23. The van der Waals surface area contributed by atoms with Gasteiger partial charge in [-0.15, -0.1) is 4.90 Å². The number of hydrogen-bond donors (Lipinski definition) is 1. The summed E-state index contributed by atoms with van der Waals surface area (Å²) in [5.41, 5.74) is 0. The van der Waals surface area contributed by atoms with E-state index in [2.05, 4.69) is 4.74 Å². The van der Waals surface area contributed by atoms with Gasteiger partial charge in [-0.05, 0) is 6.42 Å². The van der Waals surface area contributed by atoms with Gasteiger partial charge in [-0.1, -0.05) is 6.92 Å². The van der Waals surface area contributed by atoms with Gasteiger partial charge in [0.15, 0.2) is 0 Å². The van der Waals surface area contributed by atoms with Gasteiger partial charge < -0.3 is 5.11 Å². The minimum Gasteiger partial charge on any atom is -0.378 e. The number of nitrogens with zero attached hydrogens (tertiary/aromatic N) is 1. The second-order valence-electron chi connectivity index (χ2n) is 3.48. The van der Waals surface area contributed by atoms with E-state index in [9.17, 15) is 35.1 Å². The van der Waals surface area contributed by atoms with Crippen LogP contribution in [0.3, 0.4) is 0 Å². The average molecular weight is 289 g/mol. The summed E-state index contributed by atoms with van der Waals surface area (Å²) in [5, 5.41) is 8.86. The first-order valence-corrected chi connectivity index (χ1v) is 4.50.